The van der Waals surface area contributed by atoms with Crippen molar-refractivity contribution in [2.24, 2.45) is 11.8 Å². The molecule has 0 saturated carbocycles. The Morgan fingerprint density at radius 2 is 1.96 bits per heavy atom. The van der Waals surface area contributed by atoms with Gasteiger partial charge in [-0.15, -0.1) is 0 Å². The predicted molar refractivity (Wildman–Crippen MR) is 92.4 cm³/mol. The quantitative estimate of drug-likeness (QED) is 0.767. The number of nitrogens with one attached hydrogen (secondary N) is 2. The lowest BCUT2D eigenvalue weighted by Gasteiger charge is -2.25. The van der Waals surface area contributed by atoms with Crippen LogP contribution in [0.1, 0.15) is 47.3 Å². The summed E-state index contributed by atoms with van der Waals surface area (Å²) in [5.41, 5.74) is -0.465. The van der Waals surface area contributed by atoms with Crippen molar-refractivity contribution in [3.63, 3.8) is 0 Å². The summed E-state index contributed by atoms with van der Waals surface area (Å²) in [6, 6.07) is 4.22. The van der Waals surface area contributed by atoms with Gasteiger partial charge in [0.15, 0.2) is 0 Å². The fourth-order valence-corrected chi connectivity index (χ4v) is 2.23. The molecule has 2 unspecified atom stereocenters. The zero-order chi connectivity index (χ0) is 17.5. The van der Waals surface area contributed by atoms with Crippen LogP contribution in [0.5, 0.6) is 0 Å². The lowest BCUT2D eigenvalue weighted by Crippen LogP contribution is -2.41. The Balaban J connectivity index is 2.35. The third-order valence-corrected chi connectivity index (χ3v) is 3.67. The van der Waals surface area contributed by atoms with E-state index in [0.29, 0.717) is 24.4 Å². The molecular formula is C18H32N2O3. The Kier molecular flexibility index (Phi) is 7.62. The second kappa shape index (κ2) is 8.96. The maximum atomic E-state index is 11.8. The molecule has 0 fully saturated rings. The second-order valence-corrected chi connectivity index (χ2v) is 7.48. The Morgan fingerprint density at radius 3 is 2.48 bits per heavy atom. The molecule has 2 N–H and O–H groups in total. The van der Waals surface area contributed by atoms with Crippen LogP contribution < -0.4 is 10.6 Å². The van der Waals surface area contributed by atoms with E-state index in [0.717, 1.165) is 18.7 Å². The number of rotatable bonds is 8. The van der Waals surface area contributed by atoms with Gasteiger partial charge >= 0.3 is 6.09 Å². The van der Waals surface area contributed by atoms with Crippen molar-refractivity contribution in [3.05, 3.63) is 24.2 Å². The van der Waals surface area contributed by atoms with E-state index in [-0.39, 0.29) is 6.09 Å². The molecule has 132 valence electrons. The first kappa shape index (κ1) is 19.6. The molecule has 23 heavy (non-hydrogen) atoms. The standard InChI is InChI=1S/C18H32N2O3/c1-13(2)15(12-20-17(21)23-18(4,5)6)11-19-14(3)10-16-8-7-9-22-16/h7-9,13-15,19H,10-12H2,1-6H3,(H,20,21). The molecule has 1 aromatic heterocycles. The van der Waals surface area contributed by atoms with E-state index in [2.05, 4.69) is 31.4 Å². The summed E-state index contributed by atoms with van der Waals surface area (Å²) < 4.78 is 10.7. The average molecular weight is 324 g/mol. The highest BCUT2D eigenvalue weighted by molar-refractivity contribution is 5.67. The minimum Gasteiger partial charge on any atom is -0.469 e. The van der Waals surface area contributed by atoms with Crippen LogP contribution >= 0.6 is 0 Å². The van der Waals surface area contributed by atoms with Crippen LogP contribution in [-0.2, 0) is 11.2 Å². The van der Waals surface area contributed by atoms with E-state index in [9.17, 15) is 4.79 Å². The number of carbonyl (C=O) groups excluding carboxylic acids is 1. The highest BCUT2D eigenvalue weighted by Gasteiger charge is 2.19. The van der Waals surface area contributed by atoms with Crippen molar-refractivity contribution in [1.29, 1.82) is 0 Å². The van der Waals surface area contributed by atoms with Gasteiger partial charge < -0.3 is 19.8 Å². The Labute approximate surface area is 140 Å². The van der Waals surface area contributed by atoms with Crippen LogP contribution in [0.15, 0.2) is 22.8 Å². The van der Waals surface area contributed by atoms with E-state index in [4.69, 9.17) is 9.15 Å². The van der Waals surface area contributed by atoms with Gasteiger partial charge in [-0.05, 0) is 51.7 Å². The fraction of sp³-hybridized carbons (Fsp3) is 0.722. The molecule has 1 amide bonds. The summed E-state index contributed by atoms with van der Waals surface area (Å²) in [5, 5.41) is 6.39. The van der Waals surface area contributed by atoms with Crippen molar-refractivity contribution in [1.82, 2.24) is 10.6 Å². The third kappa shape index (κ3) is 8.65. The average Bonchev–Trinajstić information content (AvgIpc) is 2.88. The number of ether oxygens (including phenoxy) is 1. The molecule has 0 aliphatic heterocycles. The first-order valence-electron chi connectivity index (χ1n) is 8.40. The zero-order valence-electron chi connectivity index (χ0n) is 15.3. The number of hydrogen-bond donors (Lipinski definition) is 2. The molecule has 0 aromatic carbocycles. The lowest BCUT2D eigenvalue weighted by atomic mass is 9.95. The van der Waals surface area contributed by atoms with Crippen LogP contribution in [0.4, 0.5) is 4.79 Å². The van der Waals surface area contributed by atoms with Gasteiger partial charge in [-0.1, -0.05) is 13.8 Å². The number of carbonyl (C=O) groups is 1. The molecule has 2 atom stereocenters. The molecule has 5 heteroatoms. The SMILES string of the molecule is CC(Cc1ccco1)NCC(CNC(=O)OC(C)(C)C)C(C)C. The van der Waals surface area contributed by atoms with E-state index >= 15 is 0 Å². The van der Waals surface area contributed by atoms with Gasteiger partial charge in [0, 0.05) is 25.6 Å². The van der Waals surface area contributed by atoms with Gasteiger partial charge in [0.05, 0.1) is 6.26 Å². The maximum absolute atomic E-state index is 11.8. The molecule has 1 rings (SSSR count). The Hall–Kier alpha value is -1.49. The second-order valence-electron chi connectivity index (χ2n) is 7.48. The minimum absolute atomic E-state index is 0.323. The van der Waals surface area contributed by atoms with E-state index in [1.807, 2.05) is 32.9 Å². The topological polar surface area (TPSA) is 63.5 Å². The highest BCUT2D eigenvalue weighted by atomic mass is 16.6. The summed E-state index contributed by atoms with van der Waals surface area (Å²) in [4.78, 5) is 11.8. The van der Waals surface area contributed by atoms with Gasteiger partial charge in [0.25, 0.3) is 0 Å². The number of amides is 1. The lowest BCUT2D eigenvalue weighted by molar-refractivity contribution is 0.0514. The zero-order valence-corrected chi connectivity index (χ0v) is 15.3. The Bertz CT molecular complexity index is 449. The molecule has 0 spiro atoms. The van der Waals surface area contributed by atoms with Gasteiger partial charge in [0.2, 0.25) is 0 Å². The Morgan fingerprint density at radius 1 is 1.26 bits per heavy atom. The highest BCUT2D eigenvalue weighted by Crippen LogP contribution is 2.11. The van der Waals surface area contributed by atoms with Crippen molar-refractivity contribution in [2.45, 2.75) is 59.6 Å². The van der Waals surface area contributed by atoms with Gasteiger partial charge in [-0.2, -0.15) is 0 Å². The molecule has 0 radical (unpaired) electrons. The van der Waals surface area contributed by atoms with Crippen molar-refractivity contribution in [3.8, 4) is 0 Å². The molecule has 0 aliphatic carbocycles. The molecule has 1 aromatic rings. The molecule has 0 saturated heterocycles. The van der Waals surface area contributed by atoms with Gasteiger partial charge in [0.1, 0.15) is 11.4 Å². The van der Waals surface area contributed by atoms with Crippen molar-refractivity contribution >= 4 is 6.09 Å². The number of alkyl carbamates (subject to hydrolysis) is 1. The summed E-state index contributed by atoms with van der Waals surface area (Å²) >= 11 is 0. The largest absolute Gasteiger partial charge is 0.469 e. The van der Waals surface area contributed by atoms with Gasteiger partial charge in [-0.3, -0.25) is 0 Å². The first-order chi connectivity index (χ1) is 10.7. The van der Waals surface area contributed by atoms with E-state index in [1.54, 1.807) is 6.26 Å². The summed E-state index contributed by atoms with van der Waals surface area (Å²) in [5.74, 6) is 1.80. The van der Waals surface area contributed by atoms with Crippen molar-refractivity contribution < 1.29 is 13.9 Å². The van der Waals surface area contributed by atoms with E-state index in [1.165, 1.54) is 0 Å². The molecule has 0 bridgehead atoms. The summed E-state index contributed by atoms with van der Waals surface area (Å²) in [6.45, 7) is 13.5. The summed E-state index contributed by atoms with van der Waals surface area (Å²) in [7, 11) is 0. The fourth-order valence-electron chi connectivity index (χ4n) is 2.23. The molecule has 0 aliphatic rings. The predicted octanol–water partition coefficient (Wildman–Crippen LogP) is 3.60. The van der Waals surface area contributed by atoms with Crippen LogP contribution in [0.3, 0.4) is 0 Å². The molecular weight excluding hydrogens is 292 g/mol. The van der Waals surface area contributed by atoms with Crippen LogP contribution in [-0.4, -0.2) is 30.8 Å². The smallest absolute Gasteiger partial charge is 0.407 e. The first-order valence-corrected chi connectivity index (χ1v) is 8.40. The monoisotopic (exact) mass is 324 g/mol. The van der Waals surface area contributed by atoms with Crippen molar-refractivity contribution in [2.75, 3.05) is 13.1 Å². The van der Waals surface area contributed by atoms with Crippen LogP contribution in [0.2, 0.25) is 0 Å². The summed E-state index contributed by atoms with van der Waals surface area (Å²) in [6.07, 6.45) is 2.20. The van der Waals surface area contributed by atoms with Crippen LogP contribution in [0.25, 0.3) is 0 Å². The van der Waals surface area contributed by atoms with Gasteiger partial charge in [-0.25, -0.2) is 4.79 Å². The van der Waals surface area contributed by atoms with E-state index < -0.39 is 5.60 Å². The number of hydrogen-bond acceptors (Lipinski definition) is 4. The molecule has 1 heterocycles. The van der Waals surface area contributed by atoms with Crippen LogP contribution in [0, 0.1) is 11.8 Å². The normalized spacial score (nSPS) is 14.6. The number of furan rings is 1. The minimum atomic E-state index is -0.465. The third-order valence-electron chi connectivity index (χ3n) is 3.67. The maximum Gasteiger partial charge on any atom is 0.407 e. The molecule has 5 nitrogen and oxygen atoms in total.